The summed E-state index contributed by atoms with van der Waals surface area (Å²) in [6.45, 7) is 4.29. The number of fused-ring (bicyclic) bond motifs is 1. The maximum Gasteiger partial charge on any atom is 0.130 e. The third kappa shape index (κ3) is 1.65. The van der Waals surface area contributed by atoms with Crippen LogP contribution in [0, 0.1) is 0 Å². The Kier molecular flexibility index (Phi) is 2.28. The molecule has 0 saturated heterocycles. The minimum atomic E-state index is -0.136. The van der Waals surface area contributed by atoms with Crippen LogP contribution in [0.3, 0.4) is 0 Å². The van der Waals surface area contributed by atoms with Crippen LogP contribution in [0.5, 0.6) is 5.75 Å². The molecule has 0 fully saturated rings. The van der Waals surface area contributed by atoms with E-state index in [-0.39, 0.29) is 5.60 Å². The standard InChI is InChI=1S/C12H15NO/c1-3-6-12(2)7-4-10-9-13-8-5-11(10)14-12/h4-5,7-9H,3,6H2,1-2H3. The largest absolute Gasteiger partial charge is 0.483 e. The van der Waals surface area contributed by atoms with Crippen molar-refractivity contribution in [2.45, 2.75) is 32.3 Å². The lowest BCUT2D eigenvalue weighted by Gasteiger charge is -2.31. The summed E-state index contributed by atoms with van der Waals surface area (Å²) in [7, 11) is 0. The van der Waals surface area contributed by atoms with Crippen molar-refractivity contribution in [2.24, 2.45) is 0 Å². The van der Waals surface area contributed by atoms with Crippen molar-refractivity contribution >= 4 is 6.08 Å². The third-order valence-electron chi connectivity index (χ3n) is 2.52. The zero-order valence-corrected chi connectivity index (χ0v) is 8.66. The van der Waals surface area contributed by atoms with E-state index >= 15 is 0 Å². The molecule has 2 heterocycles. The maximum atomic E-state index is 5.93. The van der Waals surface area contributed by atoms with E-state index in [0.717, 1.165) is 24.2 Å². The summed E-state index contributed by atoms with van der Waals surface area (Å²) >= 11 is 0. The zero-order valence-electron chi connectivity index (χ0n) is 8.66. The van der Waals surface area contributed by atoms with Crippen molar-refractivity contribution in [3.63, 3.8) is 0 Å². The van der Waals surface area contributed by atoms with Crippen LogP contribution in [0.25, 0.3) is 6.08 Å². The second-order valence-corrected chi connectivity index (χ2v) is 3.91. The molecule has 1 atom stereocenters. The molecule has 1 aromatic heterocycles. The Morgan fingerprint density at radius 1 is 1.50 bits per heavy atom. The molecular weight excluding hydrogens is 174 g/mol. The molecular formula is C12H15NO. The molecule has 0 saturated carbocycles. The van der Waals surface area contributed by atoms with Gasteiger partial charge >= 0.3 is 0 Å². The summed E-state index contributed by atoms with van der Waals surface area (Å²) in [5.74, 6) is 0.943. The highest BCUT2D eigenvalue weighted by Gasteiger charge is 2.25. The van der Waals surface area contributed by atoms with Crippen LogP contribution in [0.15, 0.2) is 24.5 Å². The van der Waals surface area contributed by atoms with Gasteiger partial charge in [-0.15, -0.1) is 0 Å². The number of ether oxygens (including phenoxy) is 1. The zero-order chi connectivity index (χ0) is 10.0. The van der Waals surface area contributed by atoms with E-state index < -0.39 is 0 Å². The molecule has 2 heteroatoms. The highest BCUT2D eigenvalue weighted by molar-refractivity contribution is 5.59. The lowest BCUT2D eigenvalue weighted by atomic mass is 9.96. The molecule has 0 aromatic carbocycles. The van der Waals surface area contributed by atoms with E-state index in [0.29, 0.717) is 0 Å². The van der Waals surface area contributed by atoms with Crippen molar-refractivity contribution < 1.29 is 4.74 Å². The first-order valence-corrected chi connectivity index (χ1v) is 5.06. The number of hydrogen-bond donors (Lipinski definition) is 0. The summed E-state index contributed by atoms with van der Waals surface area (Å²) in [5, 5.41) is 0. The summed E-state index contributed by atoms with van der Waals surface area (Å²) in [6.07, 6.45) is 10.00. The molecule has 0 N–H and O–H groups in total. The summed E-state index contributed by atoms with van der Waals surface area (Å²) < 4.78 is 5.93. The summed E-state index contributed by atoms with van der Waals surface area (Å²) in [5.41, 5.74) is 0.935. The average Bonchev–Trinajstić information content (AvgIpc) is 2.17. The van der Waals surface area contributed by atoms with Gasteiger partial charge in [-0.2, -0.15) is 0 Å². The normalized spacial score (nSPS) is 24.1. The van der Waals surface area contributed by atoms with Crippen molar-refractivity contribution in [3.8, 4) is 5.75 Å². The Hall–Kier alpha value is -1.31. The van der Waals surface area contributed by atoms with E-state index in [4.69, 9.17) is 4.74 Å². The minimum absolute atomic E-state index is 0.136. The van der Waals surface area contributed by atoms with E-state index in [2.05, 4.69) is 31.0 Å². The number of hydrogen-bond acceptors (Lipinski definition) is 2. The molecule has 14 heavy (non-hydrogen) atoms. The number of rotatable bonds is 2. The predicted octanol–water partition coefficient (Wildman–Crippen LogP) is 3.05. The first kappa shape index (κ1) is 9.25. The highest BCUT2D eigenvalue weighted by Crippen LogP contribution is 2.32. The smallest absolute Gasteiger partial charge is 0.130 e. The molecule has 74 valence electrons. The highest BCUT2D eigenvalue weighted by atomic mass is 16.5. The monoisotopic (exact) mass is 189 g/mol. The molecule has 2 rings (SSSR count). The van der Waals surface area contributed by atoms with E-state index in [9.17, 15) is 0 Å². The summed E-state index contributed by atoms with van der Waals surface area (Å²) in [6, 6.07) is 1.92. The molecule has 0 radical (unpaired) electrons. The van der Waals surface area contributed by atoms with Gasteiger partial charge in [0, 0.05) is 18.0 Å². The van der Waals surface area contributed by atoms with Crippen LogP contribution in [0.2, 0.25) is 0 Å². The van der Waals surface area contributed by atoms with E-state index in [1.165, 1.54) is 0 Å². The second kappa shape index (κ2) is 3.45. The Morgan fingerprint density at radius 2 is 2.36 bits per heavy atom. The second-order valence-electron chi connectivity index (χ2n) is 3.91. The number of pyridine rings is 1. The molecule has 1 aliphatic rings. The van der Waals surface area contributed by atoms with Crippen molar-refractivity contribution in [1.29, 1.82) is 0 Å². The van der Waals surface area contributed by atoms with Crippen molar-refractivity contribution in [2.75, 3.05) is 0 Å². The van der Waals surface area contributed by atoms with Gasteiger partial charge in [-0.25, -0.2) is 0 Å². The van der Waals surface area contributed by atoms with Gasteiger partial charge in [0.2, 0.25) is 0 Å². The maximum absolute atomic E-state index is 5.93. The Balaban J connectivity index is 2.29. The lowest BCUT2D eigenvalue weighted by Crippen LogP contribution is -2.31. The lowest BCUT2D eigenvalue weighted by molar-refractivity contribution is 0.126. The van der Waals surface area contributed by atoms with E-state index in [1.54, 1.807) is 6.20 Å². The van der Waals surface area contributed by atoms with Crippen LogP contribution in [0.1, 0.15) is 32.3 Å². The van der Waals surface area contributed by atoms with Crippen LogP contribution in [-0.4, -0.2) is 10.6 Å². The van der Waals surface area contributed by atoms with Crippen LogP contribution >= 0.6 is 0 Å². The fraction of sp³-hybridized carbons (Fsp3) is 0.417. The van der Waals surface area contributed by atoms with E-state index in [1.807, 2.05) is 12.3 Å². The SMILES string of the molecule is CCCC1(C)C=Cc2cnccc2O1. The Bertz CT molecular complexity index is 359. The first-order valence-electron chi connectivity index (χ1n) is 5.06. The van der Waals surface area contributed by atoms with Crippen LogP contribution < -0.4 is 4.74 Å². The average molecular weight is 189 g/mol. The molecule has 2 nitrogen and oxygen atoms in total. The van der Waals surface area contributed by atoms with Crippen molar-refractivity contribution in [1.82, 2.24) is 4.98 Å². The number of nitrogens with zero attached hydrogens (tertiary/aromatic N) is 1. The fourth-order valence-corrected chi connectivity index (χ4v) is 1.79. The quantitative estimate of drug-likeness (QED) is 0.713. The van der Waals surface area contributed by atoms with Gasteiger partial charge in [0.25, 0.3) is 0 Å². The molecule has 1 aromatic rings. The summed E-state index contributed by atoms with van der Waals surface area (Å²) in [4.78, 5) is 4.06. The van der Waals surface area contributed by atoms with Crippen LogP contribution in [0.4, 0.5) is 0 Å². The Labute approximate surface area is 84.6 Å². The molecule has 1 unspecified atom stereocenters. The van der Waals surface area contributed by atoms with Gasteiger partial charge in [0.15, 0.2) is 0 Å². The third-order valence-corrected chi connectivity index (χ3v) is 2.52. The Morgan fingerprint density at radius 3 is 3.14 bits per heavy atom. The molecule has 0 amide bonds. The van der Waals surface area contributed by atoms with Crippen molar-refractivity contribution in [3.05, 3.63) is 30.1 Å². The van der Waals surface area contributed by atoms with Gasteiger partial charge in [-0.3, -0.25) is 4.98 Å². The van der Waals surface area contributed by atoms with Gasteiger partial charge < -0.3 is 4.74 Å². The minimum Gasteiger partial charge on any atom is -0.483 e. The molecule has 0 spiro atoms. The van der Waals surface area contributed by atoms with Gasteiger partial charge in [0.05, 0.1) is 0 Å². The van der Waals surface area contributed by atoms with Gasteiger partial charge in [0.1, 0.15) is 11.4 Å². The predicted molar refractivity (Wildman–Crippen MR) is 57.2 cm³/mol. The topological polar surface area (TPSA) is 22.1 Å². The molecule has 1 aliphatic heterocycles. The number of aromatic nitrogens is 1. The van der Waals surface area contributed by atoms with Gasteiger partial charge in [-0.05, 0) is 31.6 Å². The fourth-order valence-electron chi connectivity index (χ4n) is 1.79. The molecule has 0 aliphatic carbocycles. The van der Waals surface area contributed by atoms with Crippen LogP contribution in [-0.2, 0) is 0 Å². The molecule has 0 bridgehead atoms. The first-order chi connectivity index (χ1) is 6.73. The van der Waals surface area contributed by atoms with Gasteiger partial charge in [-0.1, -0.05) is 13.3 Å².